The smallest absolute Gasteiger partial charge is 0.233 e. The van der Waals surface area contributed by atoms with Crippen molar-refractivity contribution >= 4 is 17.7 Å². The van der Waals surface area contributed by atoms with Gasteiger partial charge < -0.3 is 9.64 Å². The minimum Gasteiger partial charge on any atom is -0.383 e. The number of nitrogens with zero attached hydrogens (tertiary/aromatic N) is 5. The molecule has 0 saturated carbocycles. The van der Waals surface area contributed by atoms with E-state index in [1.807, 2.05) is 35.4 Å². The van der Waals surface area contributed by atoms with Crippen LogP contribution in [-0.4, -0.2) is 63.1 Å². The Bertz CT molecular complexity index is 643. The Morgan fingerprint density at radius 3 is 2.58 bits per heavy atom. The molecule has 0 saturated heterocycles. The molecule has 0 fully saturated rings. The summed E-state index contributed by atoms with van der Waals surface area (Å²) in [5.41, 5.74) is 0.940. The second-order valence-corrected chi connectivity index (χ2v) is 5.98. The van der Waals surface area contributed by atoms with Gasteiger partial charge >= 0.3 is 0 Å². The summed E-state index contributed by atoms with van der Waals surface area (Å²) in [5.74, 6) is 1.22. The fourth-order valence-electron chi connectivity index (χ4n) is 2.29. The predicted molar refractivity (Wildman–Crippen MR) is 93.8 cm³/mol. The minimum absolute atomic E-state index is 0.108. The normalized spacial score (nSPS) is 10.8. The maximum atomic E-state index is 12.2. The summed E-state index contributed by atoms with van der Waals surface area (Å²) >= 11 is 1.41. The molecule has 0 bridgehead atoms. The van der Waals surface area contributed by atoms with Crippen molar-refractivity contribution < 1.29 is 9.53 Å². The van der Waals surface area contributed by atoms with E-state index in [4.69, 9.17) is 4.74 Å². The van der Waals surface area contributed by atoms with Gasteiger partial charge in [0.05, 0.1) is 18.9 Å². The molecular formula is C16H23N5O2S. The molecule has 1 amide bonds. The van der Waals surface area contributed by atoms with Gasteiger partial charge in [0.1, 0.15) is 0 Å². The zero-order chi connectivity index (χ0) is 17.4. The van der Waals surface area contributed by atoms with Crippen LogP contribution in [0.15, 0.2) is 29.7 Å². The Labute approximate surface area is 146 Å². The number of methoxy groups -OCH3 is 1. The van der Waals surface area contributed by atoms with E-state index in [0.29, 0.717) is 32.0 Å². The highest BCUT2D eigenvalue weighted by atomic mass is 32.2. The zero-order valence-corrected chi connectivity index (χ0v) is 15.1. The minimum atomic E-state index is 0.108. The van der Waals surface area contributed by atoms with Gasteiger partial charge in [0, 0.05) is 38.2 Å². The van der Waals surface area contributed by atoms with Crippen molar-refractivity contribution in [3.05, 3.63) is 24.5 Å². The summed E-state index contributed by atoms with van der Waals surface area (Å²) in [7, 11) is 1.66. The van der Waals surface area contributed by atoms with E-state index in [-0.39, 0.29) is 5.91 Å². The Morgan fingerprint density at radius 1 is 1.25 bits per heavy atom. The van der Waals surface area contributed by atoms with E-state index < -0.39 is 0 Å². The molecule has 0 atom stereocenters. The summed E-state index contributed by atoms with van der Waals surface area (Å²) in [6, 6.07) is 3.78. The van der Waals surface area contributed by atoms with Crippen molar-refractivity contribution in [2.45, 2.75) is 25.5 Å². The SMILES string of the molecule is CCN(CC)C(=O)CSc1nnc(-c2ccncc2)n1CCOC. The number of pyridine rings is 1. The Kier molecular flexibility index (Phi) is 7.20. The van der Waals surface area contributed by atoms with Crippen molar-refractivity contribution in [1.82, 2.24) is 24.6 Å². The van der Waals surface area contributed by atoms with Gasteiger partial charge in [0.25, 0.3) is 0 Å². The van der Waals surface area contributed by atoms with Gasteiger partial charge in [-0.05, 0) is 26.0 Å². The van der Waals surface area contributed by atoms with Gasteiger partial charge in [-0.15, -0.1) is 10.2 Å². The number of ether oxygens (including phenoxy) is 1. The summed E-state index contributed by atoms with van der Waals surface area (Å²) in [6.07, 6.45) is 3.45. The molecule has 0 spiro atoms. The number of carbonyl (C=O) groups is 1. The first kappa shape index (κ1) is 18.4. The molecule has 0 aromatic carbocycles. The fraction of sp³-hybridized carbons (Fsp3) is 0.500. The summed E-state index contributed by atoms with van der Waals surface area (Å²) < 4.78 is 7.17. The third-order valence-electron chi connectivity index (χ3n) is 3.62. The number of hydrogen-bond donors (Lipinski definition) is 0. The van der Waals surface area contributed by atoms with E-state index in [1.54, 1.807) is 19.5 Å². The maximum Gasteiger partial charge on any atom is 0.233 e. The van der Waals surface area contributed by atoms with Crippen LogP contribution in [0.1, 0.15) is 13.8 Å². The second kappa shape index (κ2) is 9.39. The van der Waals surface area contributed by atoms with Gasteiger partial charge in [0.2, 0.25) is 5.91 Å². The molecule has 0 unspecified atom stereocenters. The molecule has 2 aromatic heterocycles. The molecule has 0 aliphatic rings. The summed E-state index contributed by atoms with van der Waals surface area (Å²) in [5, 5.41) is 9.27. The first-order valence-electron chi connectivity index (χ1n) is 7.94. The maximum absolute atomic E-state index is 12.2. The van der Waals surface area contributed by atoms with Gasteiger partial charge in [-0.25, -0.2) is 0 Å². The Balaban J connectivity index is 2.17. The summed E-state index contributed by atoms with van der Waals surface area (Å²) in [6.45, 7) is 6.57. The first-order chi connectivity index (χ1) is 11.7. The lowest BCUT2D eigenvalue weighted by Gasteiger charge is -2.18. The third kappa shape index (κ3) is 4.55. The van der Waals surface area contributed by atoms with E-state index in [9.17, 15) is 4.79 Å². The lowest BCUT2D eigenvalue weighted by Crippen LogP contribution is -2.32. The molecule has 2 heterocycles. The van der Waals surface area contributed by atoms with Gasteiger partial charge in [-0.1, -0.05) is 11.8 Å². The third-order valence-corrected chi connectivity index (χ3v) is 4.57. The number of amides is 1. The molecule has 7 nitrogen and oxygen atoms in total. The number of rotatable bonds is 9. The highest BCUT2D eigenvalue weighted by molar-refractivity contribution is 7.99. The average molecular weight is 349 g/mol. The quantitative estimate of drug-likeness (QED) is 0.644. The van der Waals surface area contributed by atoms with Crippen LogP contribution in [-0.2, 0) is 16.1 Å². The standard InChI is InChI=1S/C16H23N5O2S/c1-4-20(5-2)14(22)12-24-16-19-18-15(21(16)10-11-23-3)13-6-8-17-9-7-13/h6-9H,4-5,10-12H2,1-3H3. The van der Waals surface area contributed by atoms with Crippen molar-refractivity contribution in [3.8, 4) is 11.4 Å². The monoisotopic (exact) mass is 349 g/mol. The molecule has 8 heteroatoms. The largest absolute Gasteiger partial charge is 0.383 e. The molecule has 0 radical (unpaired) electrons. The topological polar surface area (TPSA) is 73.1 Å². The van der Waals surface area contributed by atoms with Crippen LogP contribution >= 0.6 is 11.8 Å². The molecule has 24 heavy (non-hydrogen) atoms. The molecule has 0 aliphatic carbocycles. The van der Waals surface area contributed by atoms with E-state index >= 15 is 0 Å². The number of thioether (sulfide) groups is 1. The fourth-order valence-corrected chi connectivity index (χ4v) is 3.16. The predicted octanol–water partition coefficient (Wildman–Crippen LogP) is 1.95. The van der Waals surface area contributed by atoms with Crippen LogP contribution in [0.5, 0.6) is 0 Å². The van der Waals surface area contributed by atoms with Crippen LogP contribution < -0.4 is 0 Å². The molecule has 0 N–H and O–H groups in total. The molecular weight excluding hydrogens is 326 g/mol. The van der Waals surface area contributed by atoms with Gasteiger partial charge in [0.15, 0.2) is 11.0 Å². The Hall–Kier alpha value is -1.93. The van der Waals surface area contributed by atoms with Crippen molar-refractivity contribution in [2.24, 2.45) is 0 Å². The molecule has 2 aromatic rings. The van der Waals surface area contributed by atoms with Crippen molar-refractivity contribution in [3.63, 3.8) is 0 Å². The van der Waals surface area contributed by atoms with E-state index in [1.165, 1.54) is 11.8 Å². The van der Waals surface area contributed by atoms with Crippen LogP contribution in [0.25, 0.3) is 11.4 Å². The van der Waals surface area contributed by atoms with Gasteiger partial charge in [-0.2, -0.15) is 0 Å². The highest BCUT2D eigenvalue weighted by Gasteiger charge is 2.17. The van der Waals surface area contributed by atoms with Crippen LogP contribution in [0.2, 0.25) is 0 Å². The molecule has 130 valence electrons. The van der Waals surface area contributed by atoms with E-state index in [0.717, 1.165) is 16.5 Å². The van der Waals surface area contributed by atoms with Crippen LogP contribution in [0.4, 0.5) is 0 Å². The number of carbonyl (C=O) groups excluding carboxylic acids is 1. The summed E-state index contributed by atoms with van der Waals surface area (Å²) in [4.78, 5) is 18.0. The highest BCUT2D eigenvalue weighted by Crippen LogP contribution is 2.23. The van der Waals surface area contributed by atoms with Gasteiger partial charge in [-0.3, -0.25) is 14.3 Å². The zero-order valence-electron chi connectivity index (χ0n) is 14.3. The second-order valence-electron chi connectivity index (χ2n) is 5.04. The lowest BCUT2D eigenvalue weighted by molar-refractivity contribution is -0.127. The van der Waals surface area contributed by atoms with Crippen LogP contribution in [0.3, 0.4) is 0 Å². The van der Waals surface area contributed by atoms with E-state index in [2.05, 4.69) is 15.2 Å². The van der Waals surface area contributed by atoms with Crippen molar-refractivity contribution in [1.29, 1.82) is 0 Å². The number of hydrogen-bond acceptors (Lipinski definition) is 6. The number of aromatic nitrogens is 4. The lowest BCUT2D eigenvalue weighted by atomic mass is 10.2. The Morgan fingerprint density at radius 2 is 1.96 bits per heavy atom. The molecule has 2 rings (SSSR count). The van der Waals surface area contributed by atoms with Crippen molar-refractivity contribution in [2.75, 3.05) is 32.6 Å². The first-order valence-corrected chi connectivity index (χ1v) is 8.92. The van der Waals surface area contributed by atoms with Crippen LogP contribution in [0, 0.1) is 0 Å². The molecule has 0 aliphatic heterocycles. The average Bonchev–Trinajstić information content (AvgIpc) is 3.02.